The molecule has 1 unspecified atom stereocenters. The van der Waals surface area contributed by atoms with Gasteiger partial charge in [0.1, 0.15) is 12.6 Å². The predicted octanol–water partition coefficient (Wildman–Crippen LogP) is 2.65. The molecule has 1 saturated carbocycles. The van der Waals surface area contributed by atoms with Gasteiger partial charge in [-0.05, 0) is 35.1 Å². The van der Waals surface area contributed by atoms with Crippen molar-refractivity contribution in [3.8, 4) is 11.1 Å². The minimum Gasteiger partial charge on any atom is -0.481 e. The second kappa shape index (κ2) is 7.95. The maximum atomic E-state index is 12.3. The molecule has 2 amide bonds. The standard InChI is InChI=1S/C22H22N2O5/c25-20(26)11-19(21(27)23-13-9-10-13)24-22(28)29-12-18-16-7-3-1-5-14(16)15-6-2-4-8-17(15)18/h1-8,13,18-19H,9-12H2,(H,23,27)(H,24,28)(H,25,26). The highest BCUT2D eigenvalue weighted by Gasteiger charge is 2.32. The van der Waals surface area contributed by atoms with Crippen molar-refractivity contribution in [2.24, 2.45) is 0 Å². The number of ether oxygens (including phenoxy) is 1. The van der Waals surface area contributed by atoms with Crippen LogP contribution >= 0.6 is 0 Å². The maximum absolute atomic E-state index is 12.3. The molecule has 0 aromatic heterocycles. The first-order valence-corrected chi connectivity index (χ1v) is 9.66. The van der Waals surface area contributed by atoms with Crippen LogP contribution in [0.3, 0.4) is 0 Å². The number of carboxylic acids is 1. The molecule has 150 valence electrons. The van der Waals surface area contributed by atoms with E-state index >= 15 is 0 Å². The fraction of sp³-hybridized carbons (Fsp3) is 0.318. The molecule has 7 heteroatoms. The molecule has 2 aromatic rings. The lowest BCUT2D eigenvalue weighted by Gasteiger charge is -2.18. The summed E-state index contributed by atoms with van der Waals surface area (Å²) in [4.78, 5) is 35.6. The van der Waals surface area contributed by atoms with E-state index in [0.717, 1.165) is 35.1 Å². The summed E-state index contributed by atoms with van der Waals surface area (Å²) in [6.45, 7) is 0.101. The molecular weight excluding hydrogens is 372 g/mol. The van der Waals surface area contributed by atoms with Gasteiger partial charge in [0.15, 0.2) is 0 Å². The quantitative estimate of drug-likeness (QED) is 0.670. The Balaban J connectivity index is 1.42. The summed E-state index contributed by atoms with van der Waals surface area (Å²) in [5.41, 5.74) is 4.39. The predicted molar refractivity (Wildman–Crippen MR) is 105 cm³/mol. The highest BCUT2D eigenvalue weighted by atomic mass is 16.5. The van der Waals surface area contributed by atoms with Gasteiger partial charge in [0, 0.05) is 12.0 Å². The van der Waals surface area contributed by atoms with E-state index in [-0.39, 0.29) is 18.6 Å². The molecule has 2 aromatic carbocycles. The van der Waals surface area contributed by atoms with E-state index < -0.39 is 30.4 Å². The van der Waals surface area contributed by atoms with Gasteiger partial charge >= 0.3 is 12.1 Å². The largest absolute Gasteiger partial charge is 0.481 e. The van der Waals surface area contributed by atoms with Crippen molar-refractivity contribution < 1.29 is 24.2 Å². The maximum Gasteiger partial charge on any atom is 0.407 e. The Morgan fingerprint density at radius 1 is 1.00 bits per heavy atom. The lowest BCUT2D eigenvalue weighted by atomic mass is 9.98. The molecule has 4 rings (SSSR count). The normalized spacial score (nSPS) is 15.7. The van der Waals surface area contributed by atoms with E-state index in [4.69, 9.17) is 9.84 Å². The van der Waals surface area contributed by atoms with E-state index in [0.29, 0.717) is 0 Å². The average molecular weight is 394 g/mol. The molecule has 2 aliphatic carbocycles. The summed E-state index contributed by atoms with van der Waals surface area (Å²) in [5.74, 6) is -1.77. The number of alkyl carbamates (subject to hydrolysis) is 1. The van der Waals surface area contributed by atoms with E-state index in [1.54, 1.807) is 0 Å². The third kappa shape index (κ3) is 4.23. The van der Waals surface area contributed by atoms with Crippen molar-refractivity contribution in [3.63, 3.8) is 0 Å². The molecule has 0 aliphatic heterocycles. The number of carboxylic acid groups (broad SMARTS) is 1. The Kier molecular flexibility index (Phi) is 5.20. The number of carbonyl (C=O) groups is 3. The van der Waals surface area contributed by atoms with Crippen LogP contribution in [0.4, 0.5) is 4.79 Å². The molecule has 0 heterocycles. The Bertz CT molecular complexity index is 908. The zero-order chi connectivity index (χ0) is 20.4. The molecular formula is C22H22N2O5. The molecule has 0 radical (unpaired) electrons. The molecule has 0 saturated heterocycles. The highest BCUT2D eigenvalue weighted by Crippen LogP contribution is 2.44. The van der Waals surface area contributed by atoms with Crippen LogP contribution in [0.2, 0.25) is 0 Å². The fourth-order valence-electron chi connectivity index (χ4n) is 3.70. The molecule has 29 heavy (non-hydrogen) atoms. The van der Waals surface area contributed by atoms with Crippen molar-refractivity contribution in [2.75, 3.05) is 6.61 Å². The van der Waals surface area contributed by atoms with Gasteiger partial charge in [-0.2, -0.15) is 0 Å². The lowest BCUT2D eigenvalue weighted by Crippen LogP contribution is -2.48. The average Bonchev–Trinajstić information content (AvgIpc) is 3.46. The SMILES string of the molecule is O=C(O)CC(NC(=O)OCC1c2ccccc2-c2ccccc21)C(=O)NC1CC1. The number of fused-ring (bicyclic) bond motifs is 3. The summed E-state index contributed by atoms with van der Waals surface area (Å²) in [7, 11) is 0. The fourth-order valence-corrected chi connectivity index (χ4v) is 3.70. The minimum absolute atomic E-state index is 0.0723. The molecule has 7 nitrogen and oxygen atoms in total. The van der Waals surface area contributed by atoms with Crippen LogP contribution in [0.5, 0.6) is 0 Å². The number of hydrogen-bond donors (Lipinski definition) is 3. The summed E-state index contributed by atoms with van der Waals surface area (Å²) >= 11 is 0. The summed E-state index contributed by atoms with van der Waals surface area (Å²) in [5, 5.41) is 14.2. The summed E-state index contributed by atoms with van der Waals surface area (Å²) in [6, 6.07) is 14.9. The van der Waals surface area contributed by atoms with Crippen LogP contribution in [0.15, 0.2) is 48.5 Å². The van der Waals surface area contributed by atoms with E-state index in [9.17, 15) is 14.4 Å². The third-order valence-corrected chi connectivity index (χ3v) is 5.25. The van der Waals surface area contributed by atoms with Crippen molar-refractivity contribution in [3.05, 3.63) is 59.7 Å². The molecule has 0 bridgehead atoms. The molecule has 1 fully saturated rings. The molecule has 0 spiro atoms. The summed E-state index contributed by atoms with van der Waals surface area (Å²) in [6.07, 6.45) is 0.444. The number of nitrogens with one attached hydrogen (secondary N) is 2. The van der Waals surface area contributed by atoms with Gasteiger partial charge in [0.25, 0.3) is 0 Å². The van der Waals surface area contributed by atoms with Crippen LogP contribution in [-0.2, 0) is 14.3 Å². The topological polar surface area (TPSA) is 105 Å². The number of amides is 2. The van der Waals surface area contributed by atoms with Crippen LogP contribution in [0.1, 0.15) is 36.3 Å². The second-order valence-electron chi connectivity index (χ2n) is 7.40. The Hall–Kier alpha value is -3.35. The van der Waals surface area contributed by atoms with Gasteiger partial charge in [-0.1, -0.05) is 48.5 Å². The van der Waals surface area contributed by atoms with Crippen LogP contribution in [-0.4, -0.2) is 41.8 Å². The van der Waals surface area contributed by atoms with Gasteiger partial charge in [0.2, 0.25) is 5.91 Å². The Labute approximate surface area is 168 Å². The first-order valence-electron chi connectivity index (χ1n) is 9.66. The van der Waals surface area contributed by atoms with E-state index in [1.165, 1.54) is 0 Å². The highest BCUT2D eigenvalue weighted by molar-refractivity contribution is 5.89. The van der Waals surface area contributed by atoms with Crippen molar-refractivity contribution in [1.29, 1.82) is 0 Å². The first-order chi connectivity index (χ1) is 14.0. The van der Waals surface area contributed by atoms with Gasteiger partial charge < -0.3 is 20.5 Å². The summed E-state index contributed by atoms with van der Waals surface area (Å²) < 4.78 is 5.40. The van der Waals surface area contributed by atoms with Crippen LogP contribution in [0, 0.1) is 0 Å². The van der Waals surface area contributed by atoms with Crippen molar-refractivity contribution >= 4 is 18.0 Å². The Morgan fingerprint density at radius 3 is 2.14 bits per heavy atom. The first kappa shape index (κ1) is 19.0. The van der Waals surface area contributed by atoms with E-state index in [1.807, 2.05) is 48.5 Å². The Morgan fingerprint density at radius 2 is 1.59 bits per heavy atom. The monoisotopic (exact) mass is 394 g/mol. The second-order valence-corrected chi connectivity index (χ2v) is 7.40. The molecule has 1 atom stereocenters. The number of benzene rings is 2. The minimum atomic E-state index is -1.17. The van der Waals surface area contributed by atoms with E-state index in [2.05, 4.69) is 10.6 Å². The smallest absolute Gasteiger partial charge is 0.407 e. The zero-order valence-electron chi connectivity index (χ0n) is 15.8. The molecule has 3 N–H and O–H groups in total. The molecule has 2 aliphatic rings. The third-order valence-electron chi connectivity index (χ3n) is 5.25. The van der Waals surface area contributed by atoms with Gasteiger partial charge in [-0.25, -0.2) is 4.79 Å². The van der Waals surface area contributed by atoms with Crippen molar-refractivity contribution in [2.45, 2.75) is 37.3 Å². The van der Waals surface area contributed by atoms with Gasteiger partial charge in [0.05, 0.1) is 6.42 Å². The number of carbonyl (C=O) groups excluding carboxylic acids is 2. The number of rotatable bonds is 7. The number of hydrogen-bond acceptors (Lipinski definition) is 4. The van der Waals surface area contributed by atoms with Crippen LogP contribution in [0.25, 0.3) is 11.1 Å². The zero-order valence-corrected chi connectivity index (χ0v) is 15.8. The van der Waals surface area contributed by atoms with Gasteiger partial charge in [-0.15, -0.1) is 0 Å². The van der Waals surface area contributed by atoms with Crippen LogP contribution < -0.4 is 10.6 Å². The van der Waals surface area contributed by atoms with Gasteiger partial charge in [-0.3, -0.25) is 9.59 Å². The number of aliphatic carboxylic acids is 1. The van der Waals surface area contributed by atoms with Crippen molar-refractivity contribution in [1.82, 2.24) is 10.6 Å². The lowest BCUT2D eigenvalue weighted by molar-refractivity contribution is -0.139.